The summed E-state index contributed by atoms with van der Waals surface area (Å²) < 4.78 is 49.6. The van der Waals surface area contributed by atoms with Gasteiger partial charge < -0.3 is 9.64 Å². The van der Waals surface area contributed by atoms with Gasteiger partial charge in [-0.3, -0.25) is 0 Å². The number of benzene rings is 2. The summed E-state index contributed by atoms with van der Waals surface area (Å²) in [4.78, 5) is 1.28. The van der Waals surface area contributed by atoms with E-state index in [1.54, 1.807) is 26.0 Å². The normalized spacial score (nSPS) is 17.1. The van der Waals surface area contributed by atoms with Gasteiger partial charge in [0, 0.05) is 11.8 Å². The van der Waals surface area contributed by atoms with Gasteiger partial charge in [0.25, 0.3) is 5.92 Å². The Labute approximate surface area is 178 Å². The van der Waals surface area contributed by atoms with E-state index in [-0.39, 0.29) is 22.1 Å². The van der Waals surface area contributed by atoms with E-state index in [1.807, 2.05) is 6.92 Å². The maximum atomic E-state index is 15.0. The molecule has 2 aromatic rings. The number of rotatable bonds is 5. The van der Waals surface area contributed by atoms with Crippen molar-refractivity contribution in [3.63, 3.8) is 0 Å². The molecule has 29 heavy (non-hydrogen) atoms. The molecule has 7 heteroatoms. The Balaban J connectivity index is 1.86. The lowest BCUT2D eigenvalue weighted by Crippen LogP contribution is -2.39. The van der Waals surface area contributed by atoms with Gasteiger partial charge in [-0.25, -0.2) is 4.39 Å². The Morgan fingerprint density at radius 3 is 2.52 bits per heavy atom. The van der Waals surface area contributed by atoms with Crippen molar-refractivity contribution in [2.75, 3.05) is 6.54 Å². The topological polar surface area (TPSA) is 12.5 Å². The van der Waals surface area contributed by atoms with Gasteiger partial charge in [-0.1, -0.05) is 41.4 Å². The van der Waals surface area contributed by atoms with Crippen LogP contribution in [0.2, 0.25) is 5.02 Å². The number of hydrogen-bond donors (Lipinski definition) is 0. The zero-order valence-electron chi connectivity index (χ0n) is 16.1. The Morgan fingerprint density at radius 2 is 1.83 bits per heavy atom. The molecule has 1 atom stereocenters. The molecule has 2 nitrogen and oxygen atoms in total. The third-order valence-corrected chi connectivity index (χ3v) is 5.67. The van der Waals surface area contributed by atoms with Crippen molar-refractivity contribution in [1.82, 2.24) is 4.90 Å². The van der Waals surface area contributed by atoms with Gasteiger partial charge in [0.1, 0.15) is 11.3 Å². The molecular weight excluding hydrogens is 422 g/mol. The molecule has 0 N–H and O–H groups in total. The van der Waals surface area contributed by atoms with Gasteiger partial charge in [0.15, 0.2) is 11.6 Å². The third-order valence-electron chi connectivity index (χ3n) is 4.78. The summed E-state index contributed by atoms with van der Waals surface area (Å²) in [6.45, 7) is 4.70. The molecule has 1 heterocycles. The molecule has 2 aromatic carbocycles. The third kappa shape index (κ3) is 4.73. The molecule has 1 aliphatic rings. The van der Waals surface area contributed by atoms with Crippen molar-refractivity contribution in [2.45, 2.75) is 32.2 Å². The second kappa shape index (κ2) is 8.33. The molecule has 1 unspecified atom stereocenters. The van der Waals surface area contributed by atoms with Crippen molar-refractivity contribution in [1.29, 1.82) is 0 Å². The molecule has 1 aliphatic heterocycles. The predicted molar refractivity (Wildman–Crippen MR) is 110 cm³/mol. The van der Waals surface area contributed by atoms with E-state index in [0.717, 1.165) is 11.1 Å². The number of alkyl halides is 3. The van der Waals surface area contributed by atoms with Crippen LogP contribution in [0.3, 0.4) is 0 Å². The van der Waals surface area contributed by atoms with Gasteiger partial charge in [0.2, 0.25) is 0 Å². The lowest BCUT2D eigenvalue weighted by molar-refractivity contribution is -0.0292. The van der Waals surface area contributed by atoms with Gasteiger partial charge >= 0.3 is 0 Å². The number of nitrogens with zero attached hydrogens (tertiary/aromatic N) is 1. The fraction of sp³-hybridized carbons (Fsp3) is 0.273. The molecule has 0 aliphatic carbocycles. The highest BCUT2D eigenvalue weighted by Gasteiger charge is 2.37. The molecule has 154 valence electrons. The smallest absolute Gasteiger partial charge is 0.290 e. The molecule has 3 rings (SSSR count). The zero-order valence-corrected chi connectivity index (χ0v) is 17.7. The summed E-state index contributed by atoms with van der Waals surface area (Å²) in [7, 11) is 0. The first kappa shape index (κ1) is 21.6. The molecule has 0 amide bonds. The summed E-state index contributed by atoms with van der Waals surface area (Å²) in [5.41, 5.74) is 1.46. The van der Waals surface area contributed by atoms with Crippen molar-refractivity contribution in [3.8, 4) is 5.75 Å². The van der Waals surface area contributed by atoms with Crippen LogP contribution in [-0.2, 0) is 5.92 Å². The van der Waals surface area contributed by atoms with Gasteiger partial charge in [0.05, 0.1) is 11.6 Å². The minimum Gasteiger partial charge on any atom is -0.453 e. The average molecular weight is 442 g/mol. The summed E-state index contributed by atoms with van der Waals surface area (Å²) in [6, 6.07) is 8.91. The summed E-state index contributed by atoms with van der Waals surface area (Å²) >= 11 is 12.1. The van der Waals surface area contributed by atoms with Crippen LogP contribution in [0.4, 0.5) is 13.2 Å². The van der Waals surface area contributed by atoms with Crippen LogP contribution >= 0.6 is 23.2 Å². The quantitative estimate of drug-likeness (QED) is 0.368. The van der Waals surface area contributed by atoms with Gasteiger partial charge in [-0.2, -0.15) is 8.78 Å². The van der Waals surface area contributed by atoms with Crippen molar-refractivity contribution in [3.05, 3.63) is 87.5 Å². The molecule has 0 saturated carbocycles. The number of hydrogen-bond acceptors (Lipinski definition) is 2. The van der Waals surface area contributed by atoms with E-state index in [9.17, 15) is 13.2 Å². The monoisotopic (exact) mass is 441 g/mol. The number of halogens is 5. The minimum absolute atomic E-state index is 0.0894. The second-order valence-corrected chi connectivity index (χ2v) is 7.91. The average Bonchev–Trinajstić information content (AvgIpc) is 2.65. The summed E-state index contributed by atoms with van der Waals surface area (Å²) in [5.74, 6) is -3.77. The highest BCUT2D eigenvalue weighted by molar-refractivity contribution is 6.30. The van der Waals surface area contributed by atoms with Crippen LogP contribution < -0.4 is 4.74 Å². The summed E-state index contributed by atoms with van der Waals surface area (Å²) in [6.07, 6.45) is 2.95. The molecule has 0 bridgehead atoms. The molecular formula is C22H20Cl2F3NO. The molecule has 0 saturated heterocycles. The first-order valence-electron chi connectivity index (χ1n) is 8.96. The van der Waals surface area contributed by atoms with E-state index in [4.69, 9.17) is 27.9 Å². The van der Waals surface area contributed by atoms with Crippen molar-refractivity contribution in [2.24, 2.45) is 0 Å². The highest BCUT2D eigenvalue weighted by Crippen LogP contribution is 2.35. The second-order valence-electron chi connectivity index (χ2n) is 7.09. The highest BCUT2D eigenvalue weighted by atomic mass is 35.5. The van der Waals surface area contributed by atoms with Crippen LogP contribution in [-0.4, -0.2) is 16.9 Å². The van der Waals surface area contributed by atoms with Crippen molar-refractivity contribution >= 4 is 23.2 Å². The Bertz CT molecular complexity index is 988. The number of ether oxygens (including phenoxy) is 1. The van der Waals surface area contributed by atoms with Gasteiger partial charge in [-0.05, 0) is 61.7 Å². The number of allylic oxidation sites excluding steroid dienone is 1. The lowest BCUT2D eigenvalue weighted by Gasteiger charge is -2.33. The van der Waals surface area contributed by atoms with Crippen LogP contribution in [0.1, 0.15) is 23.6 Å². The van der Waals surface area contributed by atoms with Crippen LogP contribution in [0.5, 0.6) is 5.75 Å². The maximum Gasteiger partial charge on any atom is 0.290 e. The van der Waals surface area contributed by atoms with Crippen molar-refractivity contribution < 1.29 is 17.9 Å². The SMILES string of the molecule is CC1=CC(Oc2cccc(Cl)c2F)=CN(CC(F)(F)c2ccc(C)c(C)c2)C1Cl. The lowest BCUT2D eigenvalue weighted by atomic mass is 10.0. The van der Waals surface area contributed by atoms with E-state index in [1.165, 1.54) is 41.4 Å². The van der Waals surface area contributed by atoms with Crippen LogP contribution in [0, 0.1) is 19.7 Å². The Hall–Kier alpha value is -2.11. The minimum atomic E-state index is -3.15. The summed E-state index contributed by atoms with van der Waals surface area (Å²) in [5, 5.41) is -0.0899. The van der Waals surface area contributed by atoms with Gasteiger partial charge in [-0.15, -0.1) is 0 Å². The fourth-order valence-corrected chi connectivity index (χ4v) is 3.34. The van der Waals surface area contributed by atoms with E-state index < -0.39 is 23.8 Å². The maximum absolute atomic E-state index is 15.0. The fourth-order valence-electron chi connectivity index (χ4n) is 2.98. The molecule has 0 spiro atoms. The van der Waals surface area contributed by atoms with E-state index in [2.05, 4.69) is 0 Å². The predicted octanol–water partition coefficient (Wildman–Crippen LogP) is 6.93. The molecule has 0 fully saturated rings. The Morgan fingerprint density at radius 1 is 1.10 bits per heavy atom. The first-order valence-corrected chi connectivity index (χ1v) is 9.77. The largest absolute Gasteiger partial charge is 0.453 e. The number of aryl methyl sites for hydroxylation is 2. The van der Waals surface area contributed by atoms with E-state index >= 15 is 0 Å². The Kier molecular flexibility index (Phi) is 6.20. The molecule has 0 aromatic heterocycles. The standard InChI is InChI=1S/C22H20Cl2F3NO/c1-13-7-8-16(9-14(13)2)22(26,27)12-28-11-17(10-15(3)21(28)24)29-19-6-4-5-18(23)20(19)25/h4-11,21H,12H2,1-3H3. The van der Waals surface area contributed by atoms with E-state index in [0.29, 0.717) is 5.57 Å². The van der Waals surface area contributed by atoms with Crippen LogP contribution in [0.15, 0.2) is 60.0 Å². The first-order chi connectivity index (χ1) is 13.6. The zero-order chi connectivity index (χ0) is 21.3. The molecule has 0 radical (unpaired) electrons. The van der Waals surface area contributed by atoms with Crippen LogP contribution in [0.25, 0.3) is 0 Å².